The lowest BCUT2D eigenvalue weighted by atomic mass is 10.1. The fourth-order valence-electron chi connectivity index (χ4n) is 2.74. The molecule has 2 aromatic heterocycles. The SMILES string of the molecule is CCCn1c(SC(C(=O)N(C)C)c2ccccc2)nnc1-c1ccncc1. The Labute approximate surface area is 163 Å². The second kappa shape index (κ2) is 8.81. The molecule has 1 aromatic carbocycles. The maximum absolute atomic E-state index is 12.8. The molecule has 27 heavy (non-hydrogen) atoms. The normalized spacial score (nSPS) is 12.0. The van der Waals surface area contributed by atoms with Crippen molar-refractivity contribution in [2.75, 3.05) is 14.1 Å². The fraction of sp³-hybridized carbons (Fsp3) is 0.300. The lowest BCUT2D eigenvalue weighted by Crippen LogP contribution is -2.27. The minimum absolute atomic E-state index is 0.0303. The molecule has 0 radical (unpaired) electrons. The topological polar surface area (TPSA) is 63.9 Å². The highest BCUT2D eigenvalue weighted by atomic mass is 32.2. The van der Waals surface area contributed by atoms with Crippen molar-refractivity contribution in [1.29, 1.82) is 0 Å². The fourth-order valence-corrected chi connectivity index (χ4v) is 3.95. The Hall–Kier alpha value is -2.67. The van der Waals surface area contributed by atoms with Gasteiger partial charge in [-0.1, -0.05) is 49.0 Å². The smallest absolute Gasteiger partial charge is 0.240 e. The molecule has 1 unspecified atom stereocenters. The second-order valence-electron chi connectivity index (χ2n) is 6.33. The first-order chi connectivity index (χ1) is 13.1. The molecule has 140 valence electrons. The monoisotopic (exact) mass is 381 g/mol. The molecule has 2 heterocycles. The van der Waals surface area contributed by atoms with Crippen LogP contribution >= 0.6 is 11.8 Å². The van der Waals surface area contributed by atoms with Crippen LogP contribution in [0.3, 0.4) is 0 Å². The number of thioether (sulfide) groups is 1. The Morgan fingerprint density at radius 1 is 1.11 bits per heavy atom. The maximum atomic E-state index is 12.8. The summed E-state index contributed by atoms with van der Waals surface area (Å²) in [6.07, 6.45) is 4.44. The molecule has 0 aliphatic carbocycles. The van der Waals surface area contributed by atoms with Gasteiger partial charge in [0.15, 0.2) is 11.0 Å². The lowest BCUT2D eigenvalue weighted by molar-refractivity contribution is -0.128. The zero-order valence-electron chi connectivity index (χ0n) is 15.7. The molecule has 7 heteroatoms. The highest BCUT2D eigenvalue weighted by molar-refractivity contribution is 8.00. The number of aromatic nitrogens is 4. The first-order valence-electron chi connectivity index (χ1n) is 8.88. The Morgan fingerprint density at radius 3 is 2.44 bits per heavy atom. The molecule has 3 rings (SSSR count). The van der Waals surface area contributed by atoms with Crippen molar-refractivity contribution in [3.63, 3.8) is 0 Å². The molecule has 0 saturated carbocycles. The average Bonchev–Trinajstić information content (AvgIpc) is 3.09. The van der Waals surface area contributed by atoms with Crippen molar-refractivity contribution in [1.82, 2.24) is 24.6 Å². The molecule has 0 fully saturated rings. The van der Waals surface area contributed by atoms with Crippen molar-refractivity contribution in [3.8, 4) is 11.4 Å². The largest absolute Gasteiger partial charge is 0.348 e. The van der Waals surface area contributed by atoms with Crippen LogP contribution in [0.25, 0.3) is 11.4 Å². The quantitative estimate of drug-likeness (QED) is 0.584. The molecule has 0 bridgehead atoms. The minimum atomic E-state index is -0.369. The predicted molar refractivity (Wildman–Crippen MR) is 107 cm³/mol. The number of nitrogens with zero attached hydrogens (tertiary/aromatic N) is 5. The number of rotatable bonds is 7. The predicted octanol–water partition coefficient (Wildman–Crippen LogP) is 3.67. The van der Waals surface area contributed by atoms with E-state index in [4.69, 9.17) is 0 Å². The van der Waals surface area contributed by atoms with E-state index in [1.165, 1.54) is 11.8 Å². The summed E-state index contributed by atoms with van der Waals surface area (Å²) in [6, 6.07) is 13.6. The molecular weight excluding hydrogens is 358 g/mol. The number of carbonyl (C=O) groups excluding carboxylic acids is 1. The molecule has 6 nitrogen and oxygen atoms in total. The van der Waals surface area contributed by atoms with Crippen molar-refractivity contribution in [3.05, 3.63) is 60.4 Å². The van der Waals surface area contributed by atoms with Crippen LogP contribution in [0.4, 0.5) is 0 Å². The van der Waals surface area contributed by atoms with Gasteiger partial charge in [0.2, 0.25) is 5.91 Å². The standard InChI is InChI=1S/C20H23N5OS/c1-4-14-25-18(16-10-12-21-13-11-16)22-23-20(25)27-17(19(26)24(2)3)15-8-6-5-7-9-15/h5-13,17H,4,14H2,1-3H3. The van der Waals surface area contributed by atoms with Gasteiger partial charge in [-0.2, -0.15) is 0 Å². The summed E-state index contributed by atoms with van der Waals surface area (Å²) in [5, 5.41) is 9.17. The summed E-state index contributed by atoms with van der Waals surface area (Å²) in [6.45, 7) is 2.90. The van der Waals surface area contributed by atoms with E-state index in [9.17, 15) is 4.79 Å². The molecule has 0 spiro atoms. The van der Waals surface area contributed by atoms with Crippen LogP contribution in [0.15, 0.2) is 60.0 Å². The first kappa shape index (κ1) is 19.1. The number of pyridine rings is 1. The third-order valence-corrected chi connectivity index (χ3v) is 5.32. The zero-order valence-corrected chi connectivity index (χ0v) is 16.6. The number of carbonyl (C=O) groups is 1. The Morgan fingerprint density at radius 2 is 1.81 bits per heavy atom. The van der Waals surface area contributed by atoms with Gasteiger partial charge in [-0.15, -0.1) is 10.2 Å². The van der Waals surface area contributed by atoms with Crippen molar-refractivity contribution >= 4 is 17.7 Å². The lowest BCUT2D eigenvalue weighted by Gasteiger charge is -2.20. The van der Waals surface area contributed by atoms with Crippen molar-refractivity contribution in [2.24, 2.45) is 0 Å². The number of benzene rings is 1. The summed E-state index contributed by atoms with van der Waals surface area (Å²) in [5.74, 6) is 0.827. The summed E-state index contributed by atoms with van der Waals surface area (Å²) in [4.78, 5) is 18.5. The van der Waals surface area contributed by atoms with Gasteiger partial charge in [0, 0.05) is 38.6 Å². The van der Waals surface area contributed by atoms with Gasteiger partial charge in [-0.3, -0.25) is 9.78 Å². The van der Waals surface area contributed by atoms with Gasteiger partial charge < -0.3 is 9.47 Å². The third-order valence-electron chi connectivity index (χ3n) is 4.09. The van der Waals surface area contributed by atoms with E-state index in [0.717, 1.165) is 35.1 Å². The molecule has 0 aliphatic heterocycles. The van der Waals surface area contributed by atoms with E-state index in [1.807, 2.05) is 42.5 Å². The number of hydrogen-bond donors (Lipinski definition) is 0. The molecule has 1 amide bonds. The van der Waals surface area contributed by atoms with Crippen LogP contribution in [0.2, 0.25) is 0 Å². The van der Waals surface area contributed by atoms with Crippen molar-refractivity contribution < 1.29 is 4.79 Å². The van der Waals surface area contributed by atoms with Gasteiger partial charge in [0.1, 0.15) is 5.25 Å². The second-order valence-corrected chi connectivity index (χ2v) is 7.41. The highest BCUT2D eigenvalue weighted by Gasteiger charge is 2.27. The highest BCUT2D eigenvalue weighted by Crippen LogP contribution is 2.37. The van der Waals surface area contributed by atoms with Crippen LogP contribution in [0, 0.1) is 0 Å². The van der Waals surface area contributed by atoms with E-state index >= 15 is 0 Å². The zero-order chi connectivity index (χ0) is 19.2. The van der Waals surface area contributed by atoms with E-state index in [1.54, 1.807) is 31.4 Å². The summed E-state index contributed by atoms with van der Waals surface area (Å²) >= 11 is 1.44. The summed E-state index contributed by atoms with van der Waals surface area (Å²) in [7, 11) is 3.55. The molecule has 0 aliphatic rings. The average molecular weight is 382 g/mol. The van der Waals surface area contributed by atoms with E-state index in [-0.39, 0.29) is 11.2 Å². The van der Waals surface area contributed by atoms with E-state index in [2.05, 4.69) is 26.7 Å². The van der Waals surface area contributed by atoms with Gasteiger partial charge in [0.25, 0.3) is 0 Å². The van der Waals surface area contributed by atoms with Crippen LogP contribution in [0.5, 0.6) is 0 Å². The Balaban J connectivity index is 1.99. The number of hydrogen-bond acceptors (Lipinski definition) is 5. The molecular formula is C20H23N5OS. The van der Waals surface area contributed by atoms with Crippen LogP contribution in [0.1, 0.15) is 24.2 Å². The van der Waals surface area contributed by atoms with E-state index in [0.29, 0.717) is 0 Å². The summed E-state index contributed by atoms with van der Waals surface area (Å²) in [5.41, 5.74) is 1.92. The minimum Gasteiger partial charge on any atom is -0.348 e. The summed E-state index contributed by atoms with van der Waals surface area (Å²) < 4.78 is 2.08. The Kier molecular flexibility index (Phi) is 6.24. The van der Waals surface area contributed by atoms with Crippen LogP contribution in [-0.2, 0) is 11.3 Å². The van der Waals surface area contributed by atoms with Gasteiger partial charge in [0.05, 0.1) is 0 Å². The molecule has 1 atom stereocenters. The number of likely N-dealkylation sites (N-methyl/N-ethyl adjacent to an activating group) is 1. The van der Waals surface area contributed by atoms with Gasteiger partial charge >= 0.3 is 0 Å². The van der Waals surface area contributed by atoms with Gasteiger partial charge in [-0.05, 0) is 24.1 Å². The van der Waals surface area contributed by atoms with Gasteiger partial charge in [-0.25, -0.2) is 0 Å². The molecule has 0 saturated heterocycles. The molecule has 0 N–H and O–H groups in total. The third kappa shape index (κ3) is 4.36. The van der Waals surface area contributed by atoms with Crippen molar-refractivity contribution in [2.45, 2.75) is 30.3 Å². The Bertz CT molecular complexity index is 880. The van der Waals surface area contributed by atoms with Crippen LogP contribution in [-0.4, -0.2) is 44.7 Å². The molecule has 3 aromatic rings. The van der Waals surface area contributed by atoms with Crippen LogP contribution < -0.4 is 0 Å². The maximum Gasteiger partial charge on any atom is 0.240 e. The van der Waals surface area contributed by atoms with E-state index < -0.39 is 0 Å². The number of amides is 1. The first-order valence-corrected chi connectivity index (χ1v) is 9.76.